The molecule has 0 saturated carbocycles. The summed E-state index contributed by atoms with van der Waals surface area (Å²) in [7, 11) is 0. The Kier molecular flexibility index (Phi) is 13.1. The van der Waals surface area contributed by atoms with Crippen LogP contribution >= 0.6 is 0 Å². The van der Waals surface area contributed by atoms with Crippen LogP contribution in [0.5, 0.6) is 0 Å². The molecule has 0 spiro atoms. The molecule has 1 atom stereocenters. The zero-order valence-corrected chi connectivity index (χ0v) is 16.9. The van der Waals surface area contributed by atoms with Gasteiger partial charge in [0.1, 0.15) is 6.17 Å². The van der Waals surface area contributed by atoms with Crippen LogP contribution in [0.2, 0.25) is 0 Å². The first-order valence-corrected chi connectivity index (χ1v) is 11.0. The smallest absolute Gasteiger partial charge is 0.101 e. The first kappa shape index (κ1) is 21.4. The van der Waals surface area contributed by atoms with Crippen LogP contribution in [0.4, 0.5) is 0 Å². The van der Waals surface area contributed by atoms with E-state index < -0.39 is 0 Å². The van der Waals surface area contributed by atoms with Crippen LogP contribution in [0, 0.1) is 0 Å². The maximum Gasteiger partial charge on any atom is 0.101 e. The Morgan fingerprint density at radius 2 is 1.00 bits per heavy atom. The molecule has 0 aromatic rings. The van der Waals surface area contributed by atoms with E-state index in [0.29, 0.717) is 6.17 Å². The van der Waals surface area contributed by atoms with E-state index in [1.807, 2.05) is 0 Å². The lowest BCUT2D eigenvalue weighted by Crippen LogP contribution is -2.39. The molecule has 2 nitrogen and oxygen atoms in total. The molecule has 0 fully saturated rings. The van der Waals surface area contributed by atoms with E-state index in [2.05, 4.69) is 43.0 Å². The van der Waals surface area contributed by atoms with Crippen molar-refractivity contribution in [3.63, 3.8) is 0 Å². The molecule has 1 aliphatic rings. The first-order chi connectivity index (χ1) is 11.8. The van der Waals surface area contributed by atoms with Gasteiger partial charge >= 0.3 is 0 Å². The van der Waals surface area contributed by atoms with Gasteiger partial charge in [-0.2, -0.15) is 0 Å². The lowest BCUT2D eigenvalue weighted by molar-refractivity contribution is 0.138. The summed E-state index contributed by atoms with van der Waals surface area (Å²) in [6, 6.07) is 0. The van der Waals surface area contributed by atoms with Crippen molar-refractivity contribution in [2.45, 2.75) is 117 Å². The number of unbranched alkanes of at least 4 members (excludes halogenated alkanes) is 10. The van der Waals surface area contributed by atoms with Gasteiger partial charge in [0.25, 0.3) is 0 Å². The highest BCUT2D eigenvalue weighted by Crippen LogP contribution is 2.21. The highest BCUT2D eigenvalue weighted by Gasteiger charge is 2.24. The van der Waals surface area contributed by atoms with Gasteiger partial charge < -0.3 is 9.80 Å². The standard InChI is InChI=1S/C22H44N2/c1-4-7-9-10-11-12-13-14-15-16-19-24-21-20-23(18-8-5-2)22(24)17-6-3/h20-22H,4-19H2,1-3H3. The summed E-state index contributed by atoms with van der Waals surface area (Å²) in [6.07, 6.45) is 24.8. The van der Waals surface area contributed by atoms with Gasteiger partial charge in [-0.05, 0) is 19.3 Å². The van der Waals surface area contributed by atoms with Gasteiger partial charge in [-0.15, -0.1) is 0 Å². The SMILES string of the molecule is CCCCCCCCCCCCN1C=CN(CCCC)C1CCC. The number of rotatable bonds is 16. The third-order valence-corrected chi connectivity index (χ3v) is 5.30. The van der Waals surface area contributed by atoms with Crippen molar-refractivity contribution < 1.29 is 0 Å². The average molecular weight is 337 g/mol. The lowest BCUT2D eigenvalue weighted by Gasteiger charge is -2.32. The Hall–Kier alpha value is -0.660. The van der Waals surface area contributed by atoms with E-state index in [0.717, 1.165) is 0 Å². The average Bonchev–Trinajstić information content (AvgIpc) is 2.97. The summed E-state index contributed by atoms with van der Waals surface area (Å²) >= 11 is 0. The summed E-state index contributed by atoms with van der Waals surface area (Å²) in [5.41, 5.74) is 0. The Bertz CT molecular complexity index is 300. The summed E-state index contributed by atoms with van der Waals surface area (Å²) in [6.45, 7) is 9.38. The van der Waals surface area contributed by atoms with Crippen molar-refractivity contribution in [2.75, 3.05) is 13.1 Å². The minimum Gasteiger partial charge on any atom is -0.356 e. The van der Waals surface area contributed by atoms with E-state index in [4.69, 9.17) is 0 Å². The van der Waals surface area contributed by atoms with Crippen molar-refractivity contribution in [3.8, 4) is 0 Å². The fourth-order valence-electron chi connectivity index (χ4n) is 3.72. The Labute approximate surface area is 152 Å². The second-order valence-corrected chi connectivity index (χ2v) is 7.58. The number of hydrogen-bond acceptors (Lipinski definition) is 2. The predicted molar refractivity (Wildman–Crippen MR) is 108 cm³/mol. The summed E-state index contributed by atoms with van der Waals surface area (Å²) < 4.78 is 0. The fraction of sp³-hybridized carbons (Fsp3) is 0.909. The van der Waals surface area contributed by atoms with Crippen LogP contribution in [0.3, 0.4) is 0 Å². The molecule has 1 aliphatic heterocycles. The Morgan fingerprint density at radius 3 is 1.50 bits per heavy atom. The topological polar surface area (TPSA) is 6.48 Å². The van der Waals surface area contributed by atoms with Crippen LogP contribution in [-0.2, 0) is 0 Å². The third kappa shape index (κ3) is 8.99. The van der Waals surface area contributed by atoms with Gasteiger partial charge in [-0.1, -0.05) is 91.4 Å². The zero-order chi connectivity index (χ0) is 17.5. The van der Waals surface area contributed by atoms with E-state index in [-0.39, 0.29) is 0 Å². The van der Waals surface area contributed by atoms with E-state index in [9.17, 15) is 0 Å². The van der Waals surface area contributed by atoms with Gasteiger partial charge in [0, 0.05) is 25.5 Å². The second-order valence-electron chi connectivity index (χ2n) is 7.58. The maximum absolute atomic E-state index is 2.60. The van der Waals surface area contributed by atoms with Crippen molar-refractivity contribution in [1.29, 1.82) is 0 Å². The molecule has 0 bridgehead atoms. The van der Waals surface area contributed by atoms with E-state index in [1.54, 1.807) is 0 Å². The molecule has 0 saturated heterocycles. The van der Waals surface area contributed by atoms with E-state index in [1.165, 1.54) is 103 Å². The molecule has 2 heteroatoms. The van der Waals surface area contributed by atoms with Gasteiger partial charge in [-0.3, -0.25) is 0 Å². The van der Waals surface area contributed by atoms with Crippen LogP contribution in [-0.4, -0.2) is 29.1 Å². The molecule has 0 amide bonds. The molecule has 0 aromatic carbocycles. The Morgan fingerprint density at radius 1 is 0.542 bits per heavy atom. The molecule has 1 unspecified atom stereocenters. The minimum atomic E-state index is 0.639. The highest BCUT2D eigenvalue weighted by atomic mass is 15.4. The van der Waals surface area contributed by atoms with Crippen LogP contribution in [0.25, 0.3) is 0 Å². The van der Waals surface area contributed by atoms with Crippen LogP contribution in [0.15, 0.2) is 12.4 Å². The van der Waals surface area contributed by atoms with Crippen LogP contribution in [0.1, 0.15) is 111 Å². The molecule has 0 radical (unpaired) electrons. The molecule has 1 heterocycles. The lowest BCUT2D eigenvalue weighted by atomic mass is 10.1. The van der Waals surface area contributed by atoms with Crippen molar-refractivity contribution in [2.24, 2.45) is 0 Å². The molecule has 24 heavy (non-hydrogen) atoms. The molecule has 0 N–H and O–H groups in total. The zero-order valence-electron chi connectivity index (χ0n) is 16.9. The molecule has 142 valence electrons. The van der Waals surface area contributed by atoms with Gasteiger partial charge in [0.2, 0.25) is 0 Å². The van der Waals surface area contributed by atoms with Gasteiger partial charge in [0.05, 0.1) is 0 Å². The summed E-state index contributed by atoms with van der Waals surface area (Å²) in [5.74, 6) is 0. The quantitative estimate of drug-likeness (QED) is 0.282. The second kappa shape index (κ2) is 14.7. The largest absolute Gasteiger partial charge is 0.356 e. The summed E-state index contributed by atoms with van der Waals surface area (Å²) in [5, 5.41) is 0. The molecule has 0 aliphatic carbocycles. The molecular weight excluding hydrogens is 292 g/mol. The minimum absolute atomic E-state index is 0.639. The monoisotopic (exact) mass is 336 g/mol. The van der Waals surface area contributed by atoms with Crippen molar-refractivity contribution >= 4 is 0 Å². The molecule has 0 aromatic heterocycles. The van der Waals surface area contributed by atoms with Gasteiger partial charge in [-0.25, -0.2) is 0 Å². The number of nitrogens with zero attached hydrogens (tertiary/aromatic N) is 2. The fourth-order valence-corrected chi connectivity index (χ4v) is 3.72. The van der Waals surface area contributed by atoms with Crippen LogP contribution < -0.4 is 0 Å². The maximum atomic E-state index is 2.60. The first-order valence-electron chi connectivity index (χ1n) is 11.0. The van der Waals surface area contributed by atoms with Gasteiger partial charge in [0.15, 0.2) is 0 Å². The normalized spacial score (nSPS) is 17.2. The summed E-state index contributed by atoms with van der Waals surface area (Å²) in [4.78, 5) is 5.17. The van der Waals surface area contributed by atoms with E-state index >= 15 is 0 Å². The highest BCUT2D eigenvalue weighted by molar-refractivity contribution is 4.96. The molecular formula is C22H44N2. The Balaban J connectivity index is 2.06. The third-order valence-electron chi connectivity index (χ3n) is 5.30. The van der Waals surface area contributed by atoms with Crippen molar-refractivity contribution in [3.05, 3.63) is 12.4 Å². The van der Waals surface area contributed by atoms with Crippen molar-refractivity contribution in [1.82, 2.24) is 9.80 Å². The predicted octanol–water partition coefficient (Wildman–Crippen LogP) is 6.92. The molecule has 1 rings (SSSR count). The number of hydrogen-bond donors (Lipinski definition) is 0.